The zero-order valence-electron chi connectivity index (χ0n) is 21.4. The largest absolute Gasteiger partial charge is 0.492 e. The van der Waals surface area contributed by atoms with E-state index in [1.54, 1.807) is 12.1 Å². The lowest BCUT2D eigenvalue weighted by Crippen LogP contribution is -2.50. The highest BCUT2D eigenvalue weighted by Gasteiger charge is 2.26. The van der Waals surface area contributed by atoms with Crippen molar-refractivity contribution in [2.75, 3.05) is 39.3 Å². The molecule has 0 saturated carbocycles. The average Bonchev–Trinajstić information content (AvgIpc) is 2.90. The van der Waals surface area contributed by atoms with E-state index < -0.39 is 6.04 Å². The van der Waals surface area contributed by atoms with E-state index in [0.29, 0.717) is 31.7 Å². The molecule has 6 heteroatoms. The van der Waals surface area contributed by atoms with Gasteiger partial charge in [-0.15, -0.1) is 0 Å². The van der Waals surface area contributed by atoms with Crippen LogP contribution in [0.5, 0.6) is 5.75 Å². The third kappa shape index (κ3) is 8.70. The molecule has 2 amide bonds. The van der Waals surface area contributed by atoms with Gasteiger partial charge < -0.3 is 15.0 Å². The van der Waals surface area contributed by atoms with Crippen molar-refractivity contribution < 1.29 is 14.3 Å². The highest BCUT2D eigenvalue weighted by molar-refractivity contribution is 5.97. The highest BCUT2D eigenvalue weighted by atomic mass is 16.5. The molecule has 35 heavy (non-hydrogen) atoms. The fraction of sp³-hybridized carbons (Fsp3) is 0.517. The molecule has 2 aromatic carbocycles. The van der Waals surface area contributed by atoms with Crippen molar-refractivity contribution in [2.24, 2.45) is 0 Å². The maximum Gasteiger partial charge on any atom is 0.251 e. The van der Waals surface area contributed by atoms with E-state index in [1.807, 2.05) is 47.4 Å². The van der Waals surface area contributed by atoms with Crippen LogP contribution in [-0.2, 0) is 11.2 Å². The van der Waals surface area contributed by atoms with Crippen LogP contribution in [0, 0.1) is 0 Å². The molecule has 2 aromatic rings. The number of benzene rings is 2. The van der Waals surface area contributed by atoms with Gasteiger partial charge in [0, 0.05) is 31.6 Å². The Morgan fingerprint density at radius 3 is 2.23 bits per heavy atom. The Bertz CT molecular complexity index is 889. The van der Waals surface area contributed by atoms with Crippen molar-refractivity contribution in [3.63, 3.8) is 0 Å². The summed E-state index contributed by atoms with van der Waals surface area (Å²) in [6.07, 6.45) is 6.11. The molecule has 0 bridgehead atoms. The summed E-state index contributed by atoms with van der Waals surface area (Å²) in [5.41, 5.74) is 1.55. The second-order valence-electron chi connectivity index (χ2n) is 9.32. The first kappa shape index (κ1) is 26.7. The Hall–Kier alpha value is -2.86. The third-order valence-corrected chi connectivity index (χ3v) is 6.43. The van der Waals surface area contributed by atoms with Crippen molar-refractivity contribution in [1.82, 2.24) is 15.1 Å². The van der Waals surface area contributed by atoms with E-state index in [9.17, 15) is 9.59 Å². The van der Waals surface area contributed by atoms with Crippen LogP contribution >= 0.6 is 0 Å². The van der Waals surface area contributed by atoms with Gasteiger partial charge in [-0.25, -0.2) is 0 Å². The quantitative estimate of drug-likeness (QED) is 0.458. The first-order valence-corrected chi connectivity index (χ1v) is 13.2. The highest BCUT2D eigenvalue weighted by Crippen LogP contribution is 2.16. The van der Waals surface area contributed by atoms with E-state index in [0.717, 1.165) is 30.7 Å². The van der Waals surface area contributed by atoms with Gasteiger partial charge in [0.1, 0.15) is 18.4 Å². The zero-order chi connectivity index (χ0) is 24.9. The number of carbonyl (C=O) groups excluding carboxylic acids is 2. The number of amides is 2. The molecule has 3 rings (SSSR count). The normalized spacial score (nSPS) is 14.8. The predicted octanol–water partition coefficient (Wildman–Crippen LogP) is 4.54. The van der Waals surface area contributed by atoms with Crippen LogP contribution in [0.25, 0.3) is 0 Å². The van der Waals surface area contributed by atoms with Crippen LogP contribution < -0.4 is 10.1 Å². The van der Waals surface area contributed by atoms with E-state index in [2.05, 4.69) is 24.1 Å². The maximum absolute atomic E-state index is 13.4. The summed E-state index contributed by atoms with van der Waals surface area (Å²) < 4.78 is 5.95. The van der Waals surface area contributed by atoms with E-state index >= 15 is 0 Å². The molecule has 1 atom stereocenters. The standard InChI is InChI=1S/C29H41N3O3/c1-3-17-32(18-4-2)29(34)27(30-28(33)25-11-7-5-8-12-25)23-24-13-15-26(16-14-24)35-22-21-31-19-9-6-10-20-31/h5,7-8,11-16,27H,3-4,6,9-10,17-23H2,1-2H3,(H,30,33)/t27-/m1/s1. The fourth-order valence-electron chi connectivity index (χ4n) is 4.56. The molecule has 1 heterocycles. The first-order chi connectivity index (χ1) is 17.1. The first-order valence-electron chi connectivity index (χ1n) is 13.2. The lowest BCUT2D eigenvalue weighted by atomic mass is 10.0. The Morgan fingerprint density at radius 2 is 1.60 bits per heavy atom. The number of nitrogens with zero attached hydrogens (tertiary/aromatic N) is 2. The van der Waals surface area contributed by atoms with Gasteiger partial charge in [0.25, 0.3) is 5.91 Å². The molecule has 0 aliphatic carbocycles. The molecule has 0 aromatic heterocycles. The van der Waals surface area contributed by atoms with Crippen LogP contribution in [0.1, 0.15) is 61.9 Å². The molecule has 1 aliphatic rings. The molecular weight excluding hydrogens is 438 g/mol. The Balaban J connectivity index is 1.63. The van der Waals surface area contributed by atoms with Crippen molar-refractivity contribution in [3.05, 3.63) is 65.7 Å². The number of likely N-dealkylation sites (tertiary alicyclic amines) is 1. The summed E-state index contributed by atoms with van der Waals surface area (Å²) in [5, 5.41) is 3.00. The van der Waals surface area contributed by atoms with E-state index in [4.69, 9.17) is 4.74 Å². The Labute approximate surface area is 210 Å². The van der Waals surface area contributed by atoms with Crippen LogP contribution in [-0.4, -0.2) is 67.0 Å². The minimum atomic E-state index is -0.619. The fourth-order valence-corrected chi connectivity index (χ4v) is 4.56. The van der Waals surface area contributed by atoms with Gasteiger partial charge in [-0.05, 0) is 68.6 Å². The zero-order valence-corrected chi connectivity index (χ0v) is 21.4. The minimum absolute atomic E-state index is 0.0279. The monoisotopic (exact) mass is 479 g/mol. The van der Waals surface area contributed by atoms with E-state index in [-0.39, 0.29) is 11.8 Å². The number of hydrogen-bond donors (Lipinski definition) is 1. The van der Waals surface area contributed by atoms with Gasteiger partial charge in [0.05, 0.1) is 0 Å². The number of piperidine rings is 1. The average molecular weight is 480 g/mol. The van der Waals surface area contributed by atoms with Crippen molar-refractivity contribution in [2.45, 2.75) is 58.4 Å². The lowest BCUT2D eigenvalue weighted by molar-refractivity contribution is -0.133. The second kappa shape index (κ2) is 14.5. The maximum atomic E-state index is 13.4. The number of carbonyl (C=O) groups is 2. The molecule has 1 N–H and O–H groups in total. The topological polar surface area (TPSA) is 61.9 Å². The SMILES string of the molecule is CCCN(CCC)C(=O)[C@@H](Cc1ccc(OCCN2CCCCC2)cc1)NC(=O)c1ccccc1. The van der Waals surface area contributed by atoms with Crippen molar-refractivity contribution in [3.8, 4) is 5.75 Å². The molecular formula is C29H41N3O3. The molecule has 190 valence electrons. The lowest BCUT2D eigenvalue weighted by Gasteiger charge is -2.28. The van der Waals surface area contributed by atoms with Crippen molar-refractivity contribution in [1.29, 1.82) is 0 Å². The molecule has 6 nitrogen and oxygen atoms in total. The molecule has 1 saturated heterocycles. The summed E-state index contributed by atoms with van der Waals surface area (Å²) in [4.78, 5) is 30.6. The predicted molar refractivity (Wildman–Crippen MR) is 141 cm³/mol. The summed E-state index contributed by atoms with van der Waals surface area (Å²) in [6, 6.07) is 16.4. The minimum Gasteiger partial charge on any atom is -0.492 e. The smallest absolute Gasteiger partial charge is 0.251 e. The number of ether oxygens (including phenoxy) is 1. The van der Waals surface area contributed by atoms with Gasteiger partial charge >= 0.3 is 0 Å². The molecule has 1 fully saturated rings. The van der Waals surface area contributed by atoms with Crippen LogP contribution in [0.3, 0.4) is 0 Å². The molecule has 1 aliphatic heterocycles. The van der Waals surface area contributed by atoms with Crippen LogP contribution in [0.4, 0.5) is 0 Å². The van der Waals surface area contributed by atoms with E-state index in [1.165, 1.54) is 32.4 Å². The number of rotatable bonds is 13. The Kier molecular flexibility index (Phi) is 11.1. The van der Waals surface area contributed by atoms with Gasteiger partial charge in [-0.1, -0.05) is 50.6 Å². The summed E-state index contributed by atoms with van der Waals surface area (Å²) in [5.74, 6) is 0.579. The van der Waals surface area contributed by atoms with Crippen molar-refractivity contribution >= 4 is 11.8 Å². The third-order valence-electron chi connectivity index (χ3n) is 6.43. The van der Waals surface area contributed by atoms with Gasteiger partial charge in [0.15, 0.2) is 0 Å². The number of hydrogen-bond acceptors (Lipinski definition) is 4. The van der Waals surface area contributed by atoms with Gasteiger partial charge in [0.2, 0.25) is 5.91 Å². The Morgan fingerprint density at radius 1 is 0.943 bits per heavy atom. The molecule has 0 unspecified atom stereocenters. The van der Waals surface area contributed by atoms with Gasteiger partial charge in [-0.2, -0.15) is 0 Å². The summed E-state index contributed by atoms with van der Waals surface area (Å²) >= 11 is 0. The van der Waals surface area contributed by atoms with Gasteiger partial charge in [-0.3, -0.25) is 14.5 Å². The van der Waals surface area contributed by atoms with Crippen LogP contribution in [0.2, 0.25) is 0 Å². The summed E-state index contributed by atoms with van der Waals surface area (Å²) in [7, 11) is 0. The summed E-state index contributed by atoms with van der Waals surface area (Å²) in [6.45, 7) is 9.47. The molecule has 0 spiro atoms. The molecule has 0 radical (unpaired) electrons. The number of nitrogens with one attached hydrogen (secondary N) is 1. The van der Waals surface area contributed by atoms with Crippen LogP contribution in [0.15, 0.2) is 54.6 Å². The second-order valence-corrected chi connectivity index (χ2v) is 9.32.